The molecular formula is C13H27NO. The summed E-state index contributed by atoms with van der Waals surface area (Å²) >= 11 is 0. The molecule has 0 aromatic carbocycles. The van der Waals surface area contributed by atoms with E-state index in [1.54, 1.807) is 0 Å². The first-order chi connectivity index (χ1) is 6.87. The van der Waals surface area contributed by atoms with Gasteiger partial charge < -0.3 is 10.0 Å². The molecule has 0 aliphatic heterocycles. The van der Waals surface area contributed by atoms with Crippen LogP contribution < -0.4 is 0 Å². The molecule has 2 heteroatoms. The Balaban J connectivity index is 2.45. The van der Waals surface area contributed by atoms with Crippen molar-refractivity contribution in [2.75, 3.05) is 26.7 Å². The van der Waals surface area contributed by atoms with E-state index in [0.717, 1.165) is 13.1 Å². The van der Waals surface area contributed by atoms with Gasteiger partial charge in [-0.05, 0) is 25.3 Å². The summed E-state index contributed by atoms with van der Waals surface area (Å²) < 4.78 is 0. The lowest BCUT2D eigenvalue weighted by atomic mass is 9.86. The van der Waals surface area contributed by atoms with Crippen LogP contribution in [0.1, 0.15) is 46.5 Å². The van der Waals surface area contributed by atoms with Gasteiger partial charge in [-0.3, -0.25) is 0 Å². The van der Waals surface area contributed by atoms with E-state index >= 15 is 0 Å². The van der Waals surface area contributed by atoms with Crippen molar-refractivity contribution in [3.8, 4) is 0 Å². The molecule has 0 heterocycles. The Labute approximate surface area is 94.7 Å². The van der Waals surface area contributed by atoms with Crippen LogP contribution >= 0.6 is 0 Å². The van der Waals surface area contributed by atoms with E-state index in [1.807, 2.05) is 0 Å². The molecule has 0 unspecified atom stereocenters. The van der Waals surface area contributed by atoms with Crippen LogP contribution in [-0.2, 0) is 0 Å². The topological polar surface area (TPSA) is 23.5 Å². The Kier molecular flexibility index (Phi) is 4.19. The molecule has 0 spiro atoms. The second-order valence-electron chi connectivity index (χ2n) is 6.60. The molecule has 0 atom stereocenters. The lowest BCUT2D eigenvalue weighted by Crippen LogP contribution is -2.40. The first kappa shape index (κ1) is 13.0. The maximum atomic E-state index is 9.54. The molecule has 90 valence electrons. The standard InChI is InChI=1S/C13H27NO/c1-12(2,3)9-14(4)10-13(11-15)7-5-6-8-13/h15H,5-11H2,1-4H3. The Morgan fingerprint density at radius 1 is 1.20 bits per heavy atom. The molecular weight excluding hydrogens is 186 g/mol. The summed E-state index contributed by atoms with van der Waals surface area (Å²) in [6.45, 7) is 9.33. The minimum atomic E-state index is 0.208. The van der Waals surface area contributed by atoms with Gasteiger partial charge >= 0.3 is 0 Å². The van der Waals surface area contributed by atoms with Gasteiger partial charge in [0.05, 0.1) is 0 Å². The van der Waals surface area contributed by atoms with Crippen molar-refractivity contribution in [3.05, 3.63) is 0 Å². The fourth-order valence-corrected chi connectivity index (χ4v) is 2.93. The molecule has 2 nitrogen and oxygen atoms in total. The van der Waals surface area contributed by atoms with Crippen molar-refractivity contribution in [2.24, 2.45) is 10.8 Å². The number of aliphatic hydroxyl groups excluding tert-OH is 1. The van der Waals surface area contributed by atoms with Crippen molar-refractivity contribution in [3.63, 3.8) is 0 Å². The number of rotatable bonds is 4. The molecule has 0 radical (unpaired) electrons. The number of nitrogens with zero attached hydrogens (tertiary/aromatic N) is 1. The molecule has 0 aromatic rings. The Morgan fingerprint density at radius 3 is 2.13 bits per heavy atom. The quantitative estimate of drug-likeness (QED) is 0.775. The van der Waals surface area contributed by atoms with Gasteiger partial charge in [-0.15, -0.1) is 0 Å². The Morgan fingerprint density at radius 2 is 1.73 bits per heavy atom. The monoisotopic (exact) mass is 213 g/mol. The number of aliphatic hydroxyl groups is 1. The van der Waals surface area contributed by atoms with E-state index in [0.29, 0.717) is 12.0 Å². The third kappa shape index (κ3) is 4.12. The van der Waals surface area contributed by atoms with Gasteiger partial charge in [0.25, 0.3) is 0 Å². The molecule has 0 amide bonds. The predicted octanol–water partition coefficient (Wildman–Crippen LogP) is 2.52. The van der Waals surface area contributed by atoms with Gasteiger partial charge in [-0.2, -0.15) is 0 Å². The molecule has 1 saturated carbocycles. The van der Waals surface area contributed by atoms with Gasteiger partial charge in [-0.25, -0.2) is 0 Å². The Hall–Kier alpha value is -0.0800. The summed E-state index contributed by atoms with van der Waals surface area (Å²) in [5.74, 6) is 0. The second kappa shape index (κ2) is 4.84. The smallest absolute Gasteiger partial charge is 0.0499 e. The van der Waals surface area contributed by atoms with Crippen molar-refractivity contribution < 1.29 is 5.11 Å². The van der Waals surface area contributed by atoms with Crippen molar-refractivity contribution in [1.82, 2.24) is 4.90 Å². The van der Waals surface area contributed by atoms with Crippen LogP contribution in [0.2, 0.25) is 0 Å². The minimum absolute atomic E-state index is 0.208. The van der Waals surface area contributed by atoms with E-state index < -0.39 is 0 Å². The van der Waals surface area contributed by atoms with Gasteiger partial charge in [-0.1, -0.05) is 33.6 Å². The molecule has 1 rings (SSSR count). The molecule has 15 heavy (non-hydrogen) atoms. The van der Waals surface area contributed by atoms with Crippen LogP contribution in [-0.4, -0.2) is 36.8 Å². The molecule has 1 aliphatic rings. The zero-order valence-corrected chi connectivity index (χ0v) is 10.8. The zero-order chi connectivity index (χ0) is 11.5. The van der Waals surface area contributed by atoms with E-state index in [2.05, 4.69) is 32.7 Å². The van der Waals surface area contributed by atoms with Crippen LogP contribution in [0.4, 0.5) is 0 Å². The van der Waals surface area contributed by atoms with Crippen molar-refractivity contribution in [1.29, 1.82) is 0 Å². The van der Waals surface area contributed by atoms with E-state index in [-0.39, 0.29) is 5.41 Å². The molecule has 0 saturated heterocycles. The fraction of sp³-hybridized carbons (Fsp3) is 1.00. The highest BCUT2D eigenvalue weighted by Crippen LogP contribution is 2.38. The molecule has 1 fully saturated rings. The fourth-order valence-electron chi connectivity index (χ4n) is 2.93. The third-order valence-electron chi connectivity index (χ3n) is 3.35. The van der Waals surface area contributed by atoms with Crippen LogP contribution in [0.15, 0.2) is 0 Å². The minimum Gasteiger partial charge on any atom is -0.396 e. The molecule has 1 N–H and O–H groups in total. The largest absolute Gasteiger partial charge is 0.396 e. The van der Waals surface area contributed by atoms with Gasteiger partial charge in [0, 0.05) is 25.1 Å². The summed E-state index contributed by atoms with van der Waals surface area (Å²) in [5, 5.41) is 9.54. The number of hydrogen-bond donors (Lipinski definition) is 1. The lowest BCUT2D eigenvalue weighted by Gasteiger charge is -2.35. The maximum absolute atomic E-state index is 9.54. The summed E-state index contributed by atoms with van der Waals surface area (Å²) in [4.78, 5) is 2.39. The summed E-state index contributed by atoms with van der Waals surface area (Å²) in [6.07, 6.45) is 5.00. The van der Waals surface area contributed by atoms with Crippen LogP contribution in [0.3, 0.4) is 0 Å². The normalized spacial score (nSPS) is 21.2. The average molecular weight is 213 g/mol. The Bertz CT molecular complexity index is 189. The van der Waals surface area contributed by atoms with E-state index in [4.69, 9.17) is 0 Å². The SMILES string of the molecule is CN(CC(C)(C)C)CC1(CO)CCCC1. The molecule has 0 aromatic heterocycles. The van der Waals surface area contributed by atoms with Gasteiger partial charge in [0.1, 0.15) is 0 Å². The first-order valence-corrected chi connectivity index (χ1v) is 6.16. The van der Waals surface area contributed by atoms with Gasteiger partial charge in [0.15, 0.2) is 0 Å². The van der Waals surface area contributed by atoms with E-state index in [9.17, 15) is 5.11 Å². The van der Waals surface area contributed by atoms with Crippen LogP contribution in [0, 0.1) is 10.8 Å². The highest BCUT2D eigenvalue weighted by molar-refractivity contribution is 4.87. The maximum Gasteiger partial charge on any atom is 0.0499 e. The summed E-state index contributed by atoms with van der Waals surface area (Å²) in [6, 6.07) is 0. The lowest BCUT2D eigenvalue weighted by molar-refractivity contribution is 0.0758. The summed E-state index contributed by atoms with van der Waals surface area (Å²) in [7, 11) is 2.18. The van der Waals surface area contributed by atoms with Gasteiger partial charge in [0.2, 0.25) is 0 Å². The van der Waals surface area contributed by atoms with Crippen LogP contribution in [0.25, 0.3) is 0 Å². The molecule has 1 aliphatic carbocycles. The highest BCUT2D eigenvalue weighted by Gasteiger charge is 2.34. The second-order valence-corrected chi connectivity index (χ2v) is 6.60. The first-order valence-electron chi connectivity index (χ1n) is 6.16. The molecule has 0 bridgehead atoms. The number of hydrogen-bond acceptors (Lipinski definition) is 2. The van der Waals surface area contributed by atoms with Crippen molar-refractivity contribution in [2.45, 2.75) is 46.5 Å². The van der Waals surface area contributed by atoms with Crippen LogP contribution in [0.5, 0.6) is 0 Å². The highest BCUT2D eigenvalue weighted by atomic mass is 16.3. The summed E-state index contributed by atoms with van der Waals surface area (Å²) in [5.41, 5.74) is 0.560. The average Bonchev–Trinajstić information content (AvgIpc) is 2.50. The predicted molar refractivity (Wildman–Crippen MR) is 64.9 cm³/mol. The third-order valence-corrected chi connectivity index (χ3v) is 3.35. The van der Waals surface area contributed by atoms with Crippen molar-refractivity contribution >= 4 is 0 Å². The zero-order valence-electron chi connectivity index (χ0n) is 10.8. The van der Waals surface area contributed by atoms with E-state index in [1.165, 1.54) is 25.7 Å².